The molecule has 2 aromatic rings. The molecule has 0 aromatic heterocycles. The monoisotopic (exact) mass is 302 g/mol. The molecular formula is C17H19FN2O2. The number of carbonyl (C=O) groups excluding carboxylic acids is 1. The van der Waals surface area contributed by atoms with E-state index in [2.05, 4.69) is 10.6 Å². The third kappa shape index (κ3) is 5.09. The molecule has 0 spiro atoms. The first kappa shape index (κ1) is 15.8. The molecule has 22 heavy (non-hydrogen) atoms. The van der Waals surface area contributed by atoms with Crippen molar-refractivity contribution < 1.29 is 13.9 Å². The number of rotatable bonds is 7. The highest BCUT2D eigenvalue weighted by atomic mass is 19.1. The molecule has 1 amide bonds. The van der Waals surface area contributed by atoms with Crippen molar-refractivity contribution in [3.05, 3.63) is 59.9 Å². The summed E-state index contributed by atoms with van der Waals surface area (Å²) in [5, 5.41) is 5.85. The van der Waals surface area contributed by atoms with Crippen molar-refractivity contribution in [1.29, 1.82) is 0 Å². The van der Waals surface area contributed by atoms with E-state index >= 15 is 0 Å². The molecule has 0 unspecified atom stereocenters. The van der Waals surface area contributed by atoms with E-state index in [4.69, 9.17) is 4.74 Å². The van der Waals surface area contributed by atoms with E-state index in [9.17, 15) is 9.18 Å². The summed E-state index contributed by atoms with van der Waals surface area (Å²) in [6.45, 7) is 0.931. The Bertz CT molecular complexity index is 614. The van der Waals surface area contributed by atoms with Crippen LogP contribution in [0.4, 0.5) is 10.1 Å². The van der Waals surface area contributed by atoms with Crippen molar-refractivity contribution >= 4 is 11.6 Å². The largest absolute Gasteiger partial charge is 0.497 e. The molecule has 0 radical (unpaired) electrons. The fraction of sp³-hybridized carbons (Fsp3) is 0.235. The first-order valence-electron chi connectivity index (χ1n) is 7.06. The number of hydrogen-bond donors (Lipinski definition) is 2. The Morgan fingerprint density at radius 2 is 1.95 bits per heavy atom. The minimum Gasteiger partial charge on any atom is -0.497 e. The van der Waals surface area contributed by atoms with Crippen molar-refractivity contribution in [1.82, 2.24) is 5.32 Å². The van der Waals surface area contributed by atoms with Crippen LogP contribution in [0.1, 0.15) is 12.0 Å². The van der Waals surface area contributed by atoms with Gasteiger partial charge in [-0.05, 0) is 35.9 Å². The summed E-state index contributed by atoms with van der Waals surface area (Å²) in [7, 11) is 1.61. The van der Waals surface area contributed by atoms with Gasteiger partial charge in [0.05, 0.1) is 7.11 Å². The number of halogens is 1. The lowest BCUT2D eigenvalue weighted by Crippen LogP contribution is -2.24. The van der Waals surface area contributed by atoms with Crippen LogP contribution >= 0.6 is 0 Å². The van der Waals surface area contributed by atoms with Crippen molar-refractivity contribution in [2.24, 2.45) is 0 Å². The van der Waals surface area contributed by atoms with Crippen molar-refractivity contribution in [3.63, 3.8) is 0 Å². The van der Waals surface area contributed by atoms with Gasteiger partial charge in [0, 0.05) is 25.2 Å². The maximum Gasteiger partial charge on any atom is 0.222 e. The molecule has 4 nitrogen and oxygen atoms in total. The molecule has 0 heterocycles. The Balaban J connectivity index is 1.69. The average molecular weight is 302 g/mol. The summed E-state index contributed by atoms with van der Waals surface area (Å²) < 4.78 is 18.1. The van der Waals surface area contributed by atoms with Crippen LogP contribution in [-0.2, 0) is 11.3 Å². The molecule has 0 fully saturated rings. The van der Waals surface area contributed by atoms with Crippen LogP contribution in [0, 0.1) is 5.82 Å². The molecule has 2 aromatic carbocycles. The lowest BCUT2D eigenvalue weighted by Gasteiger charge is -2.08. The number of benzene rings is 2. The van der Waals surface area contributed by atoms with Crippen LogP contribution in [0.5, 0.6) is 5.75 Å². The van der Waals surface area contributed by atoms with E-state index < -0.39 is 0 Å². The van der Waals surface area contributed by atoms with E-state index in [-0.39, 0.29) is 11.7 Å². The standard InChI is InChI=1S/C17H19FN2O2/c1-22-16-7-5-13(6-8-16)12-20-17(21)9-10-19-15-4-2-3-14(18)11-15/h2-8,11,19H,9-10,12H2,1H3,(H,20,21). The van der Waals surface area contributed by atoms with E-state index in [1.54, 1.807) is 19.2 Å². The van der Waals surface area contributed by atoms with Gasteiger partial charge in [-0.15, -0.1) is 0 Å². The van der Waals surface area contributed by atoms with Crippen molar-refractivity contribution in [2.75, 3.05) is 19.0 Å². The fourth-order valence-corrected chi connectivity index (χ4v) is 1.95. The summed E-state index contributed by atoms with van der Waals surface area (Å²) >= 11 is 0. The van der Waals surface area contributed by atoms with Gasteiger partial charge in [0.15, 0.2) is 0 Å². The Hall–Kier alpha value is -2.56. The lowest BCUT2D eigenvalue weighted by atomic mass is 10.2. The number of carbonyl (C=O) groups is 1. The number of hydrogen-bond acceptors (Lipinski definition) is 3. The highest BCUT2D eigenvalue weighted by Gasteiger charge is 2.02. The van der Waals surface area contributed by atoms with Gasteiger partial charge in [0.25, 0.3) is 0 Å². The molecular weight excluding hydrogens is 283 g/mol. The summed E-state index contributed by atoms with van der Waals surface area (Å²) in [5.41, 5.74) is 1.68. The number of ether oxygens (including phenoxy) is 1. The number of anilines is 1. The van der Waals surface area contributed by atoms with Gasteiger partial charge in [-0.3, -0.25) is 4.79 Å². The molecule has 0 bridgehead atoms. The van der Waals surface area contributed by atoms with Crippen molar-refractivity contribution in [3.8, 4) is 5.75 Å². The number of nitrogens with one attached hydrogen (secondary N) is 2. The van der Waals surface area contributed by atoms with Crippen LogP contribution in [0.15, 0.2) is 48.5 Å². The molecule has 2 rings (SSSR count). The third-order valence-corrected chi connectivity index (χ3v) is 3.15. The molecule has 0 saturated carbocycles. The Labute approximate surface area is 129 Å². The van der Waals surface area contributed by atoms with Crippen LogP contribution in [-0.4, -0.2) is 19.6 Å². The predicted octanol–water partition coefficient (Wildman–Crippen LogP) is 2.95. The van der Waals surface area contributed by atoms with Crippen LogP contribution < -0.4 is 15.4 Å². The zero-order valence-electron chi connectivity index (χ0n) is 12.4. The van der Waals surface area contributed by atoms with Gasteiger partial charge in [-0.1, -0.05) is 18.2 Å². The normalized spacial score (nSPS) is 10.1. The molecule has 2 N–H and O–H groups in total. The van der Waals surface area contributed by atoms with E-state index in [0.29, 0.717) is 25.2 Å². The first-order valence-corrected chi connectivity index (χ1v) is 7.06. The highest BCUT2D eigenvalue weighted by molar-refractivity contribution is 5.76. The van der Waals surface area contributed by atoms with Crippen LogP contribution in [0.2, 0.25) is 0 Å². The second kappa shape index (κ2) is 8.02. The first-order chi connectivity index (χ1) is 10.7. The Morgan fingerprint density at radius 3 is 2.64 bits per heavy atom. The maximum atomic E-state index is 13.0. The smallest absolute Gasteiger partial charge is 0.222 e. The van der Waals surface area contributed by atoms with E-state index in [1.165, 1.54) is 12.1 Å². The van der Waals surface area contributed by atoms with Crippen LogP contribution in [0.3, 0.4) is 0 Å². The van der Waals surface area contributed by atoms with Gasteiger partial charge in [-0.2, -0.15) is 0 Å². The minimum absolute atomic E-state index is 0.0558. The number of methoxy groups -OCH3 is 1. The van der Waals surface area contributed by atoms with E-state index in [0.717, 1.165) is 11.3 Å². The molecule has 0 aliphatic carbocycles. The zero-order chi connectivity index (χ0) is 15.8. The summed E-state index contributed by atoms with van der Waals surface area (Å²) in [5.74, 6) is 0.433. The second-order valence-corrected chi connectivity index (χ2v) is 4.81. The van der Waals surface area contributed by atoms with E-state index in [1.807, 2.05) is 24.3 Å². The summed E-state index contributed by atoms with van der Waals surface area (Å²) in [6, 6.07) is 13.7. The van der Waals surface area contributed by atoms with Gasteiger partial charge >= 0.3 is 0 Å². The summed E-state index contributed by atoms with van der Waals surface area (Å²) in [6.07, 6.45) is 0.326. The lowest BCUT2D eigenvalue weighted by molar-refractivity contribution is -0.121. The Morgan fingerprint density at radius 1 is 1.18 bits per heavy atom. The molecule has 0 saturated heterocycles. The molecule has 5 heteroatoms. The molecule has 116 valence electrons. The number of amides is 1. The topological polar surface area (TPSA) is 50.4 Å². The fourth-order valence-electron chi connectivity index (χ4n) is 1.95. The SMILES string of the molecule is COc1ccc(CNC(=O)CCNc2cccc(F)c2)cc1. The maximum absolute atomic E-state index is 13.0. The molecule has 0 atom stereocenters. The third-order valence-electron chi connectivity index (χ3n) is 3.15. The van der Waals surface area contributed by atoms with Crippen LogP contribution in [0.25, 0.3) is 0 Å². The molecule has 0 aliphatic heterocycles. The average Bonchev–Trinajstić information content (AvgIpc) is 2.53. The van der Waals surface area contributed by atoms with Gasteiger partial charge in [0.2, 0.25) is 5.91 Å². The van der Waals surface area contributed by atoms with Gasteiger partial charge in [0.1, 0.15) is 11.6 Å². The minimum atomic E-state index is -0.297. The van der Waals surface area contributed by atoms with Gasteiger partial charge < -0.3 is 15.4 Å². The van der Waals surface area contributed by atoms with Crippen molar-refractivity contribution in [2.45, 2.75) is 13.0 Å². The Kier molecular flexibility index (Phi) is 5.77. The van der Waals surface area contributed by atoms with Gasteiger partial charge in [-0.25, -0.2) is 4.39 Å². The molecule has 0 aliphatic rings. The summed E-state index contributed by atoms with van der Waals surface area (Å²) in [4.78, 5) is 11.7. The highest BCUT2D eigenvalue weighted by Crippen LogP contribution is 2.11. The zero-order valence-corrected chi connectivity index (χ0v) is 12.4. The second-order valence-electron chi connectivity index (χ2n) is 4.81. The quantitative estimate of drug-likeness (QED) is 0.827. The predicted molar refractivity (Wildman–Crippen MR) is 84.3 cm³/mol.